The van der Waals surface area contributed by atoms with Crippen molar-refractivity contribution >= 4 is 16.6 Å². The SMILES string of the molecule is CNc1cc(-c2cncc3ccccc23)nc(COC)n1. The van der Waals surface area contributed by atoms with E-state index < -0.39 is 0 Å². The lowest BCUT2D eigenvalue weighted by Crippen LogP contribution is -2.03. The second kappa shape index (κ2) is 5.85. The van der Waals surface area contributed by atoms with Crippen LogP contribution >= 0.6 is 0 Å². The smallest absolute Gasteiger partial charge is 0.157 e. The molecule has 0 bridgehead atoms. The lowest BCUT2D eigenvalue weighted by molar-refractivity contribution is 0.178. The average molecular weight is 280 g/mol. The van der Waals surface area contributed by atoms with Crippen molar-refractivity contribution < 1.29 is 4.74 Å². The Morgan fingerprint density at radius 2 is 2.00 bits per heavy atom. The molecule has 21 heavy (non-hydrogen) atoms. The largest absolute Gasteiger partial charge is 0.377 e. The monoisotopic (exact) mass is 280 g/mol. The Morgan fingerprint density at radius 1 is 1.14 bits per heavy atom. The highest BCUT2D eigenvalue weighted by Gasteiger charge is 2.09. The van der Waals surface area contributed by atoms with Crippen LogP contribution in [0.1, 0.15) is 5.82 Å². The van der Waals surface area contributed by atoms with Gasteiger partial charge in [0.25, 0.3) is 0 Å². The molecule has 1 aromatic carbocycles. The molecule has 0 aliphatic rings. The Hall–Kier alpha value is -2.53. The molecule has 0 unspecified atom stereocenters. The standard InChI is InChI=1S/C16H16N4O/c1-17-15-7-14(19-16(20-15)10-21-2)13-9-18-8-11-5-3-4-6-12(11)13/h3-9H,10H2,1-2H3,(H,17,19,20). The summed E-state index contributed by atoms with van der Waals surface area (Å²) >= 11 is 0. The highest BCUT2D eigenvalue weighted by molar-refractivity contribution is 5.95. The lowest BCUT2D eigenvalue weighted by Gasteiger charge is -2.09. The molecule has 0 atom stereocenters. The van der Waals surface area contributed by atoms with E-state index in [-0.39, 0.29) is 0 Å². The third-order valence-corrected chi connectivity index (χ3v) is 3.25. The van der Waals surface area contributed by atoms with Crippen LogP contribution in [0.25, 0.3) is 22.0 Å². The summed E-state index contributed by atoms with van der Waals surface area (Å²) in [5.74, 6) is 1.41. The first kappa shape index (κ1) is 13.5. The molecule has 0 spiro atoms. The van der Waals surface area contributed by atoms with Gasteiger partial charge in [-0.2, -0.15) is 0 Å². The lowest BCUT2D eigenvalue weighted by atomic mass is 10.1. The van der Waals surface area contributed by atoms with Crippen LogP contribution in [0.3, 0.4) is 0 Å². The number of hydrogen-bond donors (Lipinski definition) is 1. The molecule has 106 valence electrons. The van der Waals surface area contributed by atoms with E-state index in [0.717, 1.165) is 27.8 Å². The molecule has 5 nitrogen and oxygen atoms in total. The molecule has 3 rings (SSSR count). The summed E-state index contributed by atoms with van der Waals surface area (Å²) in [6.45, 7) is 0.376. The number of anilines is 1. The van der Waals surface area contributed by atoms with Crippen molar-refractivity contribution in [3.05, 3.63) is 48.5 Å². The zero-order valence-electron chi connectivity index (χ0n) is 12.0. The summed E-state index contributed by atoms with van der Waals surface area (Å²) in [4.78, 5) is 13.3. The van der Waals surface area contributed by atoms with Gasteiger partial charge in [0.15, 0.2) is 5.82 Å². The number of pyridine rings is 1. The fraction of sp³-hybridized carbons (Fsp3) is 0.188. The minimum atomic E-state index is 0.376. The second-order valence-electron chi connectivity index (χ2n) is 4.65. The number of nitrogens with zero attached hydrogens (tertiary/aromatic N) is 3. The molecule has 0 saturated carbocycles. The fourth-order valence-corrected chi connectivity index (χ4v) is 2.28. The minimum absolute atomic E-state index is 0.376. The first-order valence-corrected chi connectivity index (χ1v) is 6.69. The normalized spacial score (nSPS) is 10.8. The van der Waals surface area contributed by atoms with Crippen LogP contribution < -0.4 is 5.32 Å². The molecule has 0 aliphatic carbocycles. The molecule has 0 radical (unpaired) electrons. The van der Waals surface area contributed by atoms with Crippen LogP contribution in [0.2, 0.25) is 0 Å². The van der Waals surface area contributed by atoms with E-state index in [9.17, 15) is 0 Å². The summed E-state index contributed by atoms with van der Waals surface area (Å²) in [5, 5.41) is 5.27. The van der Waals surface area contributed by atoms with E-state index in [1.165, 1.54) is 0 Å². The molecule has 3 aromatic rings. The minimum Gasteiger partial charge on any atom is -0.377 e. The Morgan fingerprint density at radius 3 is 2.81 bits per heavy atom. The van der Waals surface area contributed by atoms with Gasteiger partial charge in [0, 0.05) is 43.6 Å². The van der Waals surface area contributed by atoms with E-state index >= 15 is 0 Å². The van der Waals surface area contributed by atoms with Gasteiger partial charge >= 0.3 is 0 Å². The molecule has 0 amide bonds. The third-order valence-electron chi connectivity index (χ3n) is 3.25. The zero-order valence-corrected chi connectivity index (χ0v) is 12.0. The molecular formula is C16H16N4O. The maximum Gasteiger partial charge on any atom is 0.157 e. The van der Waals surface area contributed by atoms with Gasteiger partial charge in [0.2, 0.25) is 0 Å². The predicted molar refractivity (Wildman–Crippen MR) is 83.0 cm³/mol. The number of aromatic nitrogens is 3. The van der Waals surface area contributed by atoms with Crippen molar-refractivity contribution in [1.29, 1.82) is 0 Å². The Labute approximate surface area is 123 Å². The molecule has 0 aliphatic heterocycles. The van der Waals surface area contributed by atoms with Gasteiger partial charge in [-0.05, 0) is 5.39 Å². The number of fused-ring (bicyclic) bond motifs is 1. The van der Waals surface area contributed by atoms with Crippen molar-refractivity contribution in [1.82, 2.24) is 15.0 Å². The summed E-state index contributed by atoms with van der Waals surface area (Å²) in [7, 11) is 3.47. The van der Waals surface area contributed by atoms with Crippen molar-refractivity contribution in [3.8, 4) is 11.3 Å². The van der Waals surface area contributed by atoms with Crippen molar-refractivity contribution in [3.63, 3.8) is 0 Å². The molecule has 0 saturated heterocycles. The van der Waals surface area contributed by atoms with Crippen LogP contribution in [-0.2, 0) is 11.3 Å². The van der Waals surface area contributed by atoms with E-state index in [1.807, 2.05) is 43.7 Å². The first-order chi connectivity index (χ1) is 10.3. The summed E-state index contributed by atoms with van der Waals surface area (Å²) in [6.07, 6.45) is 3.69. The predicted octanol–water partition coefficient (Wildman–Crippen LogP) is 2.88. The maximum absolute atomic E-state index is 5.14. The van der Waals surface area contributed by atoms with Crippen molar-refractivity contribution in [2.24, 2.45) is 0 Å². The molecular weight excluding hydrogens is 264 g/mol. The number of benzene rings is 1. The number of rotatable bonds is 4. The van der Waals surface area contributed by atoms with Crippen LogP contribution in [0, 0.1) is 0 Å². The number of methoxy groups -OCH3 is 1. The Kier molecular flexibility index (Phi) is 3.75. The fourth-order valence-electron chi connectivity index (χ4n) is 2.28. The van der Waals surface area contributed by atoms with Crippen LogP contribution in [0.15, 0.2) is 42.7 Å². The first-order valence-electron chi connectivity index (χ1n) is 6.69. The second-order valence-corrected chi connectivity index (χ2v) is 4.65. The van der Waals surface area contributed by atoms with E-state index in [0.29, 0.717) is 12.4 Å². The summed E-state index contributed by atoms with van der Waals surface area (Å²) in [5.41, 5.74) is 1.83. The highest BCUT2D eigenvalue weighted by atomic mass is 16.5. The van der Waals surface area contributed by atoms with Crippen molar-refractivity contribution in [2.45, 2.75) is 6.61 Å². The maximum atomic E-state index is 5.14. The zero-order chi connectivity index (χ0) is 14.7. The highest BCUT2D eigenvalue weighted by Crippen LogP contribution is 2.27. The molecule has 0 fully saturated rings. The van der Waals surface area contributed by atoms with Crippen LogP contribution in [-0.4, -0.2) is 29.1 Å². The number of ether oxygens (including phenoxy) is 1. The van der Waals surface area contributed by atoms with Gasteiger partial charge < -0.3 is 10.1 Å². The van der Waals surface area contributed by atoms with Gasteiger partial charge in [0.05, 0.1) is 5.69 Å². The van der Waals surface area contributed by atoms with E-state index in [4.69, 9.17) is 4.74 Å². The van der Waals surface area contributed by atoms with Gasteiger partial charge in [-0.25, -0.2) is 9.97 Å². The average Bonchev–Trinajstić information content (AvgIpc) is 2.54. The van der Waals surface area contributed by atoms with Gasteiger partial charge in [-0.15, -0.1) is 0 Å². The molecule has 1 N–H and O–H groups in total. The van der Waals surface area contributed by atoms with Gasteiger partial charge in [0.1, 0.15) is 12.4 Å². The third kappa shape index (κ3) is 2.68. The van der Waals surface area contributed by atoms with Crippen molar-refractivity contribution in [2.75, 3.05) is 19.5 Å². The molecule has 5 heteroatoms. The van der Waals surface area contributed by atoms with E-state index in [2.05, 4.69) is 26.3 Å². The number of nitrogens with one attached hydrogen (secondary N) is 1. The molecule has 2 heterocycles. The molecule has 2 aromatic heterocycles. The van der Waals surface area contributed by atoms with Gasteiger partial charge in [-0.3, -0.25) is 4.98 Å². The van der Waals surface area contributed by atoms with Crippen LogP contribution in [0.5, 0.6) is 0 Å². The van der Waals surface area contributed by atoms with Gasteiger partial charge in [-0.1, -0.05) is 24.3 Å². The Balaban J connectivity index is 2.20. The quantitative estimate of drug-likeness (QED) is 0.796. The number of hydrogen-bond acceptors (Lipinski definition) is 5. The topological polar surface area (TPSA) is 59.9 Å². The summed E-state index contributed by atoms with van der Waals surface area (Å²) in [6, 6.07) is 10.1. The summed E-state index contributed by atoms with van der Waals surface area (Å²) < 4.78 is 5.14. The van der Waals surface area contributed by atoms with Crippen LogP contribution in [0.4, 0.5) is 5.82 Å². The Bertz CT molecular complexity index is 768. The van der Waals surface area contributed by atoms with E-state index in [1.54, 1.807) is 7.11 Å².